The maximum absolute atomic E-state index is 11.7. The molecule has 23 heavy (non-hydrogen) atoms. The molecule has 0 aromatic carbocycles. The highest BCUT2D eigenvalue weighted by atomic mass is 28.4. The Morgan fingerprint density at radius 3 is 2.48 bits per heavy atom. The number of esters is 1. The van der Waals surface area contributed by atoms with Crippen LogP contribution in [-0.4, -0.2) is 27.0 Å². The van der Waals surface area contributed by atoms with Gasteiger partial charge in [-0.15, -0.1) is 0 Å². The Hall–Kier alpha value is -0.613. The van der Waals surface area contributed by atoms with Gasteiger partial charge < -0.3 is 9.16 Å². The van der Waals surface area contributed by atoms with Crippen molar-refractivity contribution >= 4 is 14.3 Å². The van der Waals surface area contributed by atoms with Crippen LogP contribution in [0.25, 0.3) is 0 Å². The standard InChI is InChI=1S/C19H34O3Si/c1-14-9-10-15-13-19(14,22-23(7,8)17(2,3)4)18(15,5)12-11-16(20)21-6/h9,15H,10-13H2,1-8H3/t15-,18-,19+/m0/s1. The van der Waals surface area contributed by atoms with Gasteiger partial charge in [-0.2, -0.15) is 0 Å². The first-order valence-corrected chi connectivity index (χ1v) is 11.7. The lowest BCUT2D eigenvalue weighted by Crippen LogP contribution is -2.69. The number of hydrogen-bond donors (Lipinski definition) is 0. The fourth-order valence-corrected chi connectivity index (χ4v) is 5.79. The van der Waals surface area contributed by atoms with Gasteiger partial charge in [0.2, 0.25) is 0 Å². The van der Waals surface area contributed by atoms with Gasteiger partial charge in [-0.05, 0) is 55.8 Å². The van der Waals surface area contributed by atoms with Crippen molar-refractivity contribution in [2.24, 2.45) is 11.3 Å². The number of fused-ring (bicyclic) bond motifs is 1. The van der Waals surface area contributed by atoms with Gasteiger partial charge in [0.1, 0.15) is 0 Å². The number of ether oxygens (including phenoxy) is 1. The van der Waals surface area contributed by atoms with Crippen molar-refractivity contribution in [2.75, 3.05) is 7.11 Å². The summed E-state index contributed by atoms with van der Waals surface area (Å²) in [5.41, 5.74) is 1.25. The van der Waals surface area contributed by atoms with Crippen LogP contribution in [0.15, 0.2) is 11.6 Å². The molecule has 1 saturated carbocycles. The van der Waals surface area contributed by atoms with Crippen LogP contribution in [0.1, 0.15) is 60.3 Å². The number of rotatable bonds is 5. The average molecular weight is 339 g/mol. The van der Waals surface area contributed by atoms with Crippen LogP contribution in [0.2, 0.25) is 18.1 Å². The zero-order chi connectivity index (χ0) is 17.7. The molecule has 2 bridgehead atoms. The lowest BCUT2D eigenvalue weighted by atomic mass is 9.44. The fraction of sp³-hybridized carbons (Fsp3) is 0.842. The second-order valence-electron chi connectivity index (χ2n) is 9.21. The summed E-state index contributed by atoms with van der Waals surface area (Å²) in [6.45, 7) is 16.1. The van der Waals surface area contributed by atoms with Gasteiger partial charge in [-0.3, -0.25) is 4.79 Å². The maximum Gasteiger partial charge on any atom is 0.305 e. The molecule has 0 unspecified atom stereocenters. The molecule has 0 aromatic rings. The van der Waals surface area contributed by atoms with E-state index in [2.05, 4.69) is 53.8 Å². The number of allylic oxidation sites excluding steroid dienone is 1. The predicted molar refractivity (Wildman–Crippen MR) is 96.9 cm³/mol. The maximum atomic E-state index is 11.7. The van der Waals surface area contributed by atoms with E-state index in [0.717, 1.165) is 19.3 Å². The normalized spacial score (nSPS) is 33.7. The molecule has 3 atom stereocenters. The Morgan fingerprint density at radius 2 is 2.00 bits per heavy atom. The molecule has 0 amide bonds. The lowest BCUT2D eigenvalue weighted by molar-refractivity contribution is -0.183. The summed E-state index contributed by atoms with van der Waals surface area (Å²) in [5, 5.41) is 0.188. The molecule has 0 aromatic heterocycles. The van der Waals surface area contributed by atoms with E-state index in [-0.39, 0.29) is 22.0 Å². The van der Waals surface area contributed by atoms with Crippen LogP contribution >= 0.6 is 0 Å². The van der Waals surface area contributed by atoms with Gasteiger partial charge >= 0.3 is 5.97 Å². The molecular weight excluding hydrogens is 304 g/mol. The largest absolute Gasteiger partial charge is 0.469 e. The molecule has 1 fully saturated rings. The topological polar surface area (TPSA) is 35.5 Å². The Balaban J connectivity index is 2.30. The van der Waals surface area contributed by atoms with E-state index in [0.29, 0.717) is 12.3 Å². The molecule has 0 radical (unpaired) electrons. The van der Waals surface area contributed by atoms with Gasteiger partial charge in [0.15, 0.2) is 8.32 Å². The summed E-state index contributed by atoms with van der Waals surface area (Å²) < 4.78 is 11.9. The summed E-state index contributed by atoms with van der Waals surface area (Å²) in [4.78, 5) is 11.7. The Bertz CT molecular complexity index is 517. The van der Waals surface area contributed by atoms with E-state index < -0.39 is 8.32 Å². The fourth-order valence-electron chi connectivity index (χ4n) is 4.14. The van der Waals surface area contributed by atoms with E-state index in [4.69, 9.17) is 9.16 Å². The van der Waals surface area contributed by atoms with Crippen molar-refractivity contribution in [1.82, 2.24) is 0 Å². The van der Waals surface area contributed by atoms with Crippen LogP contribution in [0.5, 0.6) is 0 Å². The van der Waals surface area contributed by atoms with E-state index in [1.165, 1.54) is 12.7 Å². The zero-order valence-electron chi connectivity index (χ0n) is 16.2. The summed E-state index contributed by atoms with van der Waals surface area (Å²) in [5.74, 6) is 0.515. The third-order valence-corrected chi connectivity index (χ3v) is 11.5. The Labute approximate surface area is 142 Å². The summed E-state index contributed by atoms with van der Waals surface area (Å²) in [6.07, 6.45) is 5.93. The van der Waals surface area contributed by atoms with Crippen LogP contribution in [0, 0.1) is 11.3 Å². The van der Waals surface area contributed by atoms with Gasteiger partial charge in [0.05, 0.1) is 12.7 Å². The first kappa shape index (κ1) is 18.7. The van der Waals surface area contributed by atoms with Gasteiger partial charge in [-0.25, -0.2) is 0 Å². The summed E-state index contributed by atoms with van der Waals surface area (Å²) in [6, 6.07) is 0. The molecular formula is C19H34O3Si. The number of hydrogen-bond acceptors (Lipinski definition) is 3. The van der Waals surface area contributed by atoms with Crippen LogP contribution in [-0.2, 0) is 14.0 Å². The summed E-state index contributed by atoms with van der Waals surface area (Å²) in [7, 11) is -0.407. The highest BCUT2D eigenvalue weighted by Crippen LogP contribution is 2.67. The zero-order valence-corrected chi connectivity index (χ0v) is 17.2. The smallest absolute Gasteiger partial charge is 0.305 e. The van der Waals surface area contributed by atoms with Crippen LogP contribution < -0.4 is 0 Å². The molecule has 0 N–H and O–H groups in total. The van der Waals surface area contributed by atoms with Crippen LogP contribution in [0.3, 0.4) is 0 Å². The molecule has 0 spiro atoms. The first-order valence-electron chi connectivity index (χ1n) is 8.84. The van der Waals surface area contributed by atoms with Gasteiger partial charge in [-0.1, -0.05) is 33.8 Å². The predicted octanol–water partition coefficient (Wildman–Crippen LogP) is 5.08. The average Bonchev–Trinajstić information content (AvgIpc) is 2.44. The minimum absolute atomic E-state index is 0.0511. The third-order valence-electron chi connectivity index (χ3n) is 7.01. The minimum atomic E-state index is -1.88. The van der Waals surface area contributed by atoms with Gasteiger partial charge in [0.25, 0.3) is 0 Å². The second kappa shape index (κ2) is 5.73. The van der Waals surface area contributed by atoms with Crippen molar-refractivity contribution in [2.45, 2.75) is 84.0 Å². The monoisotopic (exact) mass is 338 g/mol. The molecule has 3 aliphatic carbocycles. The molecule has 4 heteroatoms. The highest BCUT2D eigenvalue weighted by Gasteiger charge is 2.67. The highest BCUT2D eigenvalue weighted by molar-refractivity contribution is 6.74. The van der Waals surface area contributed by atoms with E-state index in [1.807, 2.05) is 0 Å². The second-order valence-corrected chi connectivity index (χ2v) is 13.9. The molecule has 3 rings (SSSR count). The lowest BCUT2D eigenvalue weighted by Gasteiger charge is -2.68. The quantitative estimate of drug-likeness (QED) is 0.398. The molecule has 0 saturated heterocycles. The molecule has 3 aliphatic rings. The number of methoxy groups -OCH3 is 1. The SMILES string of the molecule is COC(=O)CC[C@@]1(C)[C@H]2CC=C(C)[C@]1(O[Si](C)(C)C(C)(C)C)C2. The van der Waals surface area contributed by atoms with Crippen molar-refractivity contribution in [1.29, 1.82) is 0 Å². The van der Waals surface area contributed by atoms with Crippen molar-refractivity contribution in [3.8, 4) is 0 Å². The van der Waals surface area contributed by atoms with E-state index in [1.54, 1.807) is 0 Å². The number of carbonyl (C=O) groups is 1. The molecule has 0 aliphatic heterocycles. The first-order chi connectivity index (χ1) is 10.4. The number of carbonyl (C=O) groups excluding carboxylic acids is 1. The molecule has 3 nitrogen and oxygen atoms in total. The van der Waals surface area contributed by atoms with E-state index >= 15 is 0 Å². The minimum Gasteiger partial charge on any atom is -0.469 e. The van der Waals surface area contributed by atoms with Gasteiger partial charge in [0, 0.05) is 11.8 Å². The Kier molecular flexibility index (Phi) is 4.66. The summed E-state index contributed by atoms with van der Waals surface area (Å²) >= 11 is 0. The van der Waals surface area contributed by atoms with E-state index in [9.17, 15) is 4.79 Å². The van der Waals surface area contributed by atoms with Crippen molar-refractivity contribution < 1.29 is 14.0 Å². The Morgan fingerprint density at radius 1 is 1.39 bits per heavy atom. The third kappa shape index (κ3) is 2.82. The van der Waals surface area contributed by atoms with Crippen molar-refractivity contribution in [3.63, 3.8) is 0 Å². The van der Waals surface area contributed by atoms with Crippen LogP contribution in [0.4, 0.5) is 0 Å². The molecule has 0 heterocycles. The molecule has 132 valence electrons. The van der Waals surface area contributed by atoms with Crippen molar-refractivity contribution in [3.05, 3.63) is 11.6 Å².